The first-order chi connectivity index (χ1) is 7.04. The second-order valence-corrected chi connectivity index (χ2v) is 4.28. The Kier molecular flexibility index (Phi) is 3.85. The van der Waals surface area contributed by atoms with Crippen LogP contribution in [0.2, 0.25) is 0 Å². The summed E-state index contributed by atoms with van der Waals surface area (Å²) >= 11 is 1.31. The van der Waals surface area contributed by atoms with E-state index in [9.17, 15) is 4.79 Å². The highest BCUT2D eigenvalue weighted by Crippen LogP contribution is 2.21. The first kappa shape index (κ1) is 11.7. The number of methoxy groups -OCH3 is 1. The van der Waals surface area contributed by atoms with Crippen molar-refractivity contribution in [1.29, 1.82) is 0 Å². The minimum Gasteiger partial charge on any atom is -0.465 e. The lowest BCUT2D eigenvalue weighted by Gasteiger charge is -2.03. The lowest BCUT2D eigenvalue weighted by atomic mass is 10.1. The van der Waals surface area contributed by atoms with Crippen LogP contribution in [0.3, 0.4) is 0 Å². The van der Waals surface area contributed by atoms with Gasteiger partial charge in [-0.05, 0) is 5.92 Å². The fraction of sp³-hybridized carbons (Fsp3) is 0.400. The zero-order chi connectivity index (χ0) is 11.4. The number of carbonyl (C=O) groups is 1. The minimum atomic E-state index is -0.381. The maximum atomic E-state index is 11.5. The number of nitrogen functional groups attached to an aromatic ring is 1. The van der Waals surface area contributed by atoms with E-state index in [1.54, 1.807) is 5.38 Å². The van der Waals surface area contributed by atoms with Gasteiger partial charge in [0.15, 0.2) is 5.13 Å². The molecule has 0 amide bonds. The number of carbonyl (C=O) groups excluding carboxylic acids is 1. The van der Waals surface area contributed by atoms with Gasteiger partial charge >= 0.3 is 5.97 Å². The Balaban J connectivity index is 3.07. The van der Waals surface area contributed by atoms with Crippen molar-refractivity contribution in [2.45, 2.75) is 13.8 Å². The fourth-order valence-corrected chi connectivity index (χ4v) is 1.68. The average Bonchev–Trinajstić information content (AvgIpc) is 2.59. The summed E-state index contributed by atoms with van der Waals surface area (Å²) in [7, 11) is 1.35. The summed E-state index contributed by atoms with van der Waals surface area (Å²) in [5, 5.41) is 2.20. The van der Waals surface area contributed by atoms with Crippen LogP contribution in [0.4, 0.5) is 5.13 Å². The SMILES string of the molecule is COC(=O)/C(=C\C(C)C)c1csc(N)n1. The first-order valence-electron chi connectivity index (χ1n) is 4.56. The number of allylic oxidation sites excluding steroid dienone is 1. The number of esters is 1. The van der Waals surface area contributed by atoms with E-state index in [2.05, 4.69) is 4.98 Å². The molecule has 0 aliphatic heterocycles. The van der Waals surface area contributed by atoms with Crippen LogP contribution in [-0.2, 0) is 9.53 Å². The highest BCUT2D eigenvalue weighted by molar-refractivity contribution is 7.13. The summed E-state index contributed by atoms with van der Waals surface area (Å²) in [4.78, 5) is 15.6. The molecule has 1 heterocycles. The standard InChI is InChI=1S/C10H14N2O2S/c1-6(2)4-7(9(13)14-3)8-5-15-10(11)12-8/h4-6H,1-3H3,(H2,11,12)/b7-4-. The molecule has 5 heteroatoms. The number of ether oxygens (including phenoxy) is 1. The molecule has 4 nitrogen and oxygen atoms in total. The van der Waals surface area contributed by atoms with Crippen LogP contribution in [0.5, 0.6) is 0 Å². The molecule has 0 saturated carbocycles. The predicted molar refractivity (Wildman–Crippen MR) is 61.4 cm³/mol. The normalized spacial score (nSPS) is 11.9. The number of rotatable bonds is 3. The maximum absolute atomic E-state index is 11.5. The van der Waals surface area contributed by atoms with Gasteiger partial charge < -0.3 is 10.5 Å². The topological polar surface area (TPSA) is 65.2 Å². The van der Waals surface area contributed by atoms with Crippen molar-refractivity contribution in [3.63, 3.8) is 0 Å². The van der Waals surface area contributed by atoms with E-state index in [0.717, 1.165) is 0 Å². The molecule has 0 aliphatic rings. The van der Waals surface area contributed by atoms with Gasteiger partial charge in [0.1, 0.15) is 0 Å². The zero-order valence-corrected chi connectivity index (χ0v) is 9.80. The van der Waals surface area contributed by atoms with Gasteiger partial charge in [0.2, 0.25) is 0 Å². The zero-order valence-electron chi connectivity index (χ0n) is 8.98. The van der Waals surface area contributed by atoms with Crippen molar-refractivity contribution in [3.8, 4) is 0 Å². The first-order valence-corrected chi connectivity index (χ1v) is 5.44. The molecule has 82 valence electrons. The molecule has 0 saturated heterocycles. The summed E-state index contributed by atoms with van der Waals surface area (Å²) in [5.41, 5.74) is 6.57. The highest BCUT2D eigenvalue weighted by atomic mass is 32.1. The summed E-state index contributed by atoms with van der Waals surface area (Å²) < 4.78 is 4.69. The quantitative estimate of drug-likeness (QED) is 0.632. The van der Waals surface area contributed by atoms with Gasteiger partial charge in [-0.15, -0.1) is 11.3 Å². The lowest BCUT2D eigenvalue weighted by molar-refractivity contribution is -0.133. The van der Waals surface area contributed by atoms with Crippen LogP contribution in [0.1, 0.15) is 19.5 Å². The van der Waals surface area contributed by atoms with Gasteiger partial charge in [-0.2, -0.15) is 0 Å². The molecule has 1 aromatic rings. The minimum absolute atomic E-state index is 0.252. The Hall–Kier alpha value is -1.36. The van der Waals surface area contributed by atoms with E-state index in [4.69, 9.17) is 10.5 Å². The van der Waals surface area contributed by atoms with Crippen molar-refractivity contribution in [3.05, 3.63) is 17.2 Å². The number of hydrogen-bond acceptors (Lipinski definition) is 5. The lowest BCUT2D eigenvalue weighted by Crippen LogP contribution is -2.05. The van der Waals surface area contributed by atoms with E-state index in [1.165, 1.54) is 18.4 Å². The number of aromatic nitrogens is 1. The van der Waals surface area contributed by atoms with Gasteiger partial charge in [0, 0.05) is 5.38 Å². The number of hydrogen-bond donors (Lipinski definition) is 1. The molecule has 1 rings (SSSR count). The Labute approximate surface area is 92.8 Å². The second kappa shape index (κ2) is 4.93. The summed E-state index contributed by atoms with van der Waals surface area (Å²) in [6.07, 6.45) is 1.82. The van der Waals surface area contributed by atoms with Gasteiger partial charge in [0.25, 0.3) is 0 Å². The Bertz CT molecular complexity index is 383. The van der Waals surface area contributed by atoms with Gasteiger partial charge in [0.05, 0.1) is 18.4 Å². The predicted octanol–water partition coefficient (Wildman–Crippen LogP) is 1.94. The molecule has 0 spiro atoms. The van der Waals surface area contributed by atoms with Gasteiger partial charge in [-0.3, -0.25) is 0 Å². The van der Waals surface area contributed by atoms with Crippen molar-refractivity contribution < 1.29 is 9.53 Å². The van der Waals surface area contributed by atoms with E-state index < -0.39 is 0 Å². The molecule has 15 heavy (non-hydrogen) atoms. The smallest absolute Gasteiger partial charge is 0.339 e. The Morgan fingerprint density at radius 1 is 1.67 bits per heavy atom. The maximum Gasteiger partial charge on any atom is 0.339 e. The van der Waals surface area contributed by atoms with E-state index >= 15 is 0 Å². The number of thiazole rings is 1. The van der Waals surface area contributed by atoms with Gasteiger partial charge in [-0.1, -0.05) is 19.9 Å². The Morgan fingerprint density at radius 3 is 2.73 bits per heavy atom. The molecular formula is C10H14N2O2S. The molecule has 0 bridgehead atoms. The third-order valence-corrected chi connectivity index (χ3v) is 2.38. The highest BCUT2D eigenvalue weighted by Gasteiger charge is 2.15. The second-order valence-electron chi connectivity index (χ2n) is 3.39. The fourth-order valence-electron chi connectivity index (χ4n) is 1.11. The van der Waals surface area contributed by atoms with Crippen molar-refractivity contribution in [2.75, 3.05) is 12.8 Å². The van der Waals surface area contributed by atoms with Crippen LogP contribution in [0.25, 0.3) is 5.57 Å². The molecule has 0 aromatic carbocycles. The molecule has 0 aliphatic carbocycles. The van der Waals surface area contributed by atoms with E-state index in [0.29, 0.717) is 16.4 Å². The molecule has 2 N–H and O–H groups in total. The number of nitrogens with two attached hydrogens (primary N) is 1. The molecule has 0 fully saturated rings. The Morgan fingerprint density at radius 2 is 2.33 bits per heavy atom. The van der Waals surface area contributed by atoms with Crippen LogP contribution in [-0.4, -0.2) is 18.1 Å². The molecule has 0 unspecified atom stereocenters. The summed E-state index contributed by atoms with van der Waals surface area (Å²) in [6, 6.07) is 0. The molecular weight excluding hydrogens is 212 g/mol. The average molecular weight is 226 g/mol. The van der Waals surface area contributed by atoms with Crippen LogP contribution in [0, 0.1) is 5.92 Å². The molecule has 0 atom stereocenters. The summed E-state index contributed by atoms with van der Waals surface area (Å²) in [5.74, 6) is -0.129. The van der Waals surface area contributed by atoms with Crippen molar-refractivity contribution >= 4 is 28.0 Å². The van der Waals surface area contributed by atoms with Crippen LogP contribution in [0.15, 0.2) is 11.5 Å². The summed E-state index contributed by atoms with van der Waals surface area (Å²) in [6.45, 7) is 3.97. The van der Waals surface area contributed by atoms with Crippen LogP contribution < -0.4 is 5.73 Å². The largest absolute Gasteiger partial charge is 0.465 e. The van der Waals surface area contributed by atoms with Crippen molar-refractivity contribution in [1.82, 2.24) is 4.98 Å². The molecule has 0 radical (unpaired) electrons. The monoisotopic (exact) mass is 226 g/mol. The van der Waals surface area contributed by atoms with E-state index in [1.807, 2.05) is 19.9 Å². The number of nitrogens with zero attached hydrogens (tertiary/aromatic N) is 1. The van der Waals surface area contributed by atoms with Gasteiger partial charge in [-0.25, -0.2) is 9.78 Å². The third-order valence-electron chi connectivity index (χ3n) is 1.70. The molecule has 1 aromatic heterocycles. The van der Waals surface area contributed by atoms with E-state index in [-0.39, 0.29) is 11.9 Å². The third kappa shape index (κ3) is 3.06. The van der Waals surface area contributed by atoms with Crippen LogP contribution >= 0.6 is 11.3 Å². The number of anilines is 1. The van der Waals surface area contributed by atoms with Crippen molar-refractivity contribution in [2.24, 2.45) is 5.92 Å².